The summed E-state index contributed by atoms with van der Waals surface area (Å²) in [4.78, 5) is 4.95. The number of rotatable bonds is 2. The molecule has 4 heteroatoms. The Kier molecular flexibility index (Phi) is 3.22. The van der Waals surface area contributed by atoms with Gasteiger partial charge in [0.15, 0.2) is 0 Å². The van der Waals surface area contributed by atoms with Crippen LogP contribution in [0.2, 0.25) is 0 Å². The summed E-state index contributed by atoms with van der Waals surface area (Å²) in [5.74, 6) is 0. The Labute approximate surface area is 104 Å². The largest absolute Gasteiger partial charge is 0.396 e. The van der Waals surface area contributed by atoms with E-state index in [1.165, 1.54) is 0 Å². The van der Waals surface area contributed by atoms with Crippen LogP contribution in [0.3, 0.4) is 0 Å². The van der Waals surface area contributed by atoms with E-state index in [9.17, 15) is 5.26 Å². The molecule has 2 heterocycles. The molecule has 0 saturated heterocycles. The molecule has 0 bridgehead atoms. The normalized spacial score (nSPS) is 11.8. The molecule has 0 radical (unpaired) electrons. The summed E-state index contributed by atoms with van der Waals surface area (Å²) >= 11 is 1.54. The van der Waals surface area contributed by atoms with Crippen molar-refractivity contribution in [2.45, 2.75) is 6.92 Å². The summed E-state index contributed by atoms with van der Waals surface area (Å²) in [6, 6.07) is 7.77. The first-order valence-corrected chi connectivity index (χ1v) is 5.96. The van der Waals surface area contributed by atoms with Gasteiger partial charge in [0.2, 0.25) is 0 Å². The standard InChI is InChI=1S/C13H11N3S/c1-9-4-6-17-13(9)12(15)11(7-14)10-3-2-5-16-8-10/h2-6,8H,15H2,1H3/b12-11+. The first-order valence-electron chi connectivity index (χ1n) is 5.08. The van der Waals surface area contributed by atoms with E-state index < -0.39 is 0 Å². The monoisotopic (exact) mass is 241 g/mol. The molecule has 2 N–H and O–H groups in total. The lowest BCUT2D eigenvalue weighted by Gasteiger charge is -2.04. The highest BCUT2D eigenvalue weighted by molar-refractivity contribution is 7.11. The second kappa shape index (κ2) is 4.81. The molecule has 0 aliphatic carbocycles. The maximum atomic E-state index is 9.23. The zero-order chi connectivity index (χ0) is 12.3. The van der Waals surface area contributed by atoms with Gasteiger partial charge in [0.05, 0.1) is 16.1 Å². The molecule has 0 atom stereocenters. The summed E-state index contributed by atoms with van der Waals surface area (Å²) in [6.07, 6.45) is 3.32. The molecule has 0 fully saturated rings. The van der Waals surface area contributed by atoms with Crippen LogP contribution in [0.5, 0.6) is 0 Å². The van der Waals surface area contributed by atoms with Gasteiger partial charge in [-0.1, -0.05) is 6.07 Å². The van der Waals surface area contributed by atoms with Gasteiger partial charge < -0.3 is 5.73 Å². The number of aromatic nitrogens is 1. The fourth-order valence-corrected chi connectivity index (χ4v) is 2.44. The minimum absolute atomic E-state index is 0.476. The van der Waals surface area contributed by atoms with E-state index in [2.05, 4.69) is 11.1 Å². The van der Waals surface area contributed by atoms with Gasteiger partial charge in [-0.05, 0) is 30.0 Å². The second-order valence-electron chi connectivity index (χ2n) is 3.57. The maximum absolute atomic E-state index is 9.23. The Bertz CT molecular complexity index is 591. The lowest BCUT2D eigenvalue weighted by molar-refractivity contribution is 1.31. The molecule has 2 rings (SSSR count). The van der Waals surface area contributed by atoms with E-state index in [1.54, 1.807) is 29.8 Å². The summed E-state index contributed by atoms with van der Waals surface area (Å²) in [6.45, 7) is 1.98. The molecule has 17 heavy (non-hydrogen) atoms. The topological polar surface area (TPSA) is 62.7 Å². The minimum atomic E-state index is 0.476. The van der Waals surface area contributed by atoms with E-state index in [0.29, 0.717) is 11.3 Å². The number of hydrogen-bond acceptors (Lipinski definition) is 4. The number of allylic oxidation sites excluding steroid dienone is 1. The molecule has 0 aliphatic rings. The Morgan fingerprint density at radius 1 is 1.47 bits per heavy atom. The van der Waals surface area contributed by atoms with E-state index in [4.69, 9.17) is 5.73 Å². The third-order valence-corrected chi connectivity index (χ3v) is 3.49. The Balaban J connectivity index is 2.57. The van der Waals surface area contributed by atoms with Crippen molar-refractivity contribution in [1.29, 1.82) is 5.26 Å². The Morgan fingerprint density at radius 2 is 2.29 bits per heavy atom. The van der Waals surface area contributed by atoms with Crippen LogP contribution in [0.1, 0.15) is 16.0 Å². The van der Waals surface area contributed by atoms with Crippen molar-refractivity contribution in [3.63, 3.8) is 0 Å². The average molecular weight is 241 g/mol. The Hall–Kier alpha value is -2.12. The predicted octanol–water partition coefficient (Wildman–Crippen LogP) is 2.80. The van der Waals surface area contributed by atoms with E-state index in [0.717, 1.165) is 16.0 Å². The number of nitriles is 1. The van der Waals surface area contributed by atoms with Crippen molar-refractivity contribution in [2.75, 3.05) is 0 Å². The number of hydrogen-bond donors (Lipinski definition) is 1. The van der Waals surface area contributed by atoms with Crippen LogP contribution in [0.25, 0.3) is 11.3 Å². The third-order valence-electron chi connectivity index (χ3n) is 2.44. The minimum Gasteiger partial charge on any atom is -0.396 e. The average Bonchev–Trinajstić information content (AvgIpc) is 2.77. The number of nitrogens with zero attached hydrogens (tertiary/aromatic N) is 2. The van der Waals surface area contributed by atoms with Gasteiger partial charge in [-0.2, -0.15) is 5.26 Å². The summed E-state index contributed by atoms with van der Waals surface area (Å²) in [5, 5.41) is 11.2. The van der Waals surface area contributed by atoms with Gasteiger partial charge in [0, 0.05) is 18.0 Å². The molecular formula is C13H11N3S. The highest BCUT2D eigenvalue weighted by Gasteiger charge is 2.11. The molecule has 2 aromatic rings. The van der Waals surface area contributed by atoms with Gasteiger partial charge in [-0.15, -0.1) is 11.3 Å². The van der Waals surface area contributed by atoms with Crippen LogP contribution in [0, 0.1) is 18.3 Å². The molecule has 0 saturated carbocycles. The van der Waals surface area contributed by atoms with Crippen LogP contribution < -0.4 is 5.73 Å². The van der Waals surface area contributed by atoms with Crippen LogP contribution >= 0.6 is 11.3 Å². The highest BCUT2D eigenvalue weighted by atomic mass is 32.1. The van der Waals surface area contributed by atoms with E-state index >= 15 is 0 Å². The predicted molar refractivity (Wildman–Crippen MR) is 69.9 cm³/mol. The van der Waals surface area contributed by atoms with Crippen LogP contribution in [-0.4, -0.2) is 4.98 Å². The van der Waals surface area contributed by atoms with Gasteiger partial charge in [0.25, 0.3) is 0 Å². The Morgan fingerprint density at radius 3 is 2.82 bits per heavy atom. The SMILES string of the molecule is Cc1ccsc1/C(N)=C(/C#N)c1cccnc1. The van der Waals surface area contributed by atoms with Gasteiger partial charge in [-0.25, -0.2) is 0 Å². The van der Waals surface area contributed by atoms with Crippen molar-refractivity contribution in [3.05, 3.63) is 52.0 Å². The first kappa shape index (κ1) is 11.4. The smallest absolute Gasteiger partial charge is 0.102 e. The molecule has 0 spiro atoms. The quantitative estimate of drug-likeness (QED) is 0.822. The zero-order valence-corrected chi connectivity index (χ0v) is 10.2. The van der Waals surface area contributed by atoms with Crippen molar-refractivity contribution >= 4 is 22.6 Å². The fourth-order valence-electron chi connectivity index (χ4n) is 1.55. The molecule has 84 valence electrons. The number of aryl methyl sites for hydroxylation is 1. The van der Waals surface area contributed by atoms with Crippen molar-refractivity contribution in [1.82, 2.24) is 4.98 Å². The van der Waals surface area contributed by atoms with Gasteiger partial charge in [0.1, 0.15) is 6.07 Å². The summed E-state index contributed by atoms with van der Waals surface area (Å²) < 4.78 is 0. The van der Waals surface area contributed by atoms with Gasteiger partial charge >= 0.3 is 0 Å². The molecule has 0 amide bonds. The van der Waals surface area contributed by atoms with E-state index in [1.807, 2.05) is 24.4 Å². The van der Waals surface area contributed by atoms with Crippen molar-refractivity contribution < 1.29 is 0 Å². The number of thiophene rings is 1. The first-order chi connectivity index (χ1) is 8.24. The van der Waals surface area contributed by atoms with Crippen LogP contribution in [-0.2, 0) is 0 Å². The molecule has 0 unspecified atom stereocenters. The molecule has 0 aromatic carbocycles. The van der Waals surface area contributed by atoms with Crippen molar-refractivity contribution in [2.24, 2.45) is 5.73 Å². The van der Waals surface area contributed by atoms with Crippen LogP contribution in [0.15, 0.2) is 36.0 Å². The van der Waals surface area contributed by atoms with Crippen molar-refractivity contribution in [3.8, 4) is 6.07 Å². The molecule has 3 nitrogen and oxygen atoms in total. The highest BCUT2D eigenvalue weighted by Crippen LogP contribution is 2.27. The van der Waals surface area contributed by atoms with Crippen LogP contribution in [0.4, 0.5) is 0 Å². The lowest BCUT2D eigenvalue weighted by atomic mass is 10.1. The number of pyridine rings is 1. The lowest BCUT2D eigenvalue weighted by Crippen LogP contribution is -2.00. The molecular weight excluding hydrogens is 230 g/mol. The molecule has 0 aliphatic heterocycles. The maximum Gasteiger partial charge on any atom is 0.102 e. The summed E-state index contributed by atoms with van der Waals surface area (Å²) in [7, 11) is 0. The number of nitrogens with two attached hydrogens (primary N) is 1. The van der Waals surface area contributed by atoms with Gasteiger partial charge in [-0.3, -0.25) is 4.98 Å². The summed E-state index contributed by atoms with van der Waals surface area (Å²) in [5.41, 5.74) is 8.90. The fraction of sp³-hybridized carbons (Fsp3) is 0.0769. The van der Waals surface area contributed by atoms with E-state index in [-0.39, 0.29) is 0 Å². The second-order valence-corrected chi connectivity index (χ2v) is 4.49. The third kappa shape index (κ3) is 2.19. The molecule has 2 aromatic heterocycles. The zero-order valence-electron chi connectivity index (χ0n) is 9.34.